The van der Waals surface area contributed by atoms with Crippen LogP contribution in [0.5, 0.6) is 6.01 Å². The standard InChI is InChI=1S/C20H22F3N3O4/c1-11-16(18(27)28)25-19(29-2)26-17(11)24-10-14-4-3-5-15(30-14)12-6-8-13(9-7-12)20(21,22)23/h6-9,14-15H,3-5,10H2,1-2H3,(H,27,28)(H,24,25,26). The van der Waals surface area contributed by atoms with Crippen molar-refractivity contribution >= 4 is 11.8 Å². The van der Waals surface area contributed by atoms with Crippen LogP contribution in [0.4, 0.5) is 19.0 Å². The van der Waals surface area contributed by atoms with Crippen molar-refractivity contribution in [3.63, 3.8) is 0 Å². The first-order valence-corrected chi connectivity index (χ1v) is 9.41. The topological polar surface area (TPSA) is 93.6 Å². The number of ether oxygens (including phenoxy) is 2. The number of aromatic carboxylic acids is 1. The number of halogens is 3. The third-order valence-corrected chi connectivity index (χ3v) is 4.97. The Hall–Kier alpha value is -2.88. The minimum Gasteiger partial charge on any atom is -0.476 e. The van der Waals surface area contributed by atoms with Gasteiger partial charge in [-0.25, -0.2) is 4.79 Å². The highest BCUT2D eigenvalue weighted by Gasteiger charge is 2.31. The number of hydrogen-bond donors (Lipinski definition) is 2. The number of hydrogen-bond acceptors (Lipinski definition) is 6. The number of nitrogens with one attached hydrogen (secondary N) is 1. The Bertz CT molecular complexity index is 903. The van der Waals surface area contributed by atoms with Crippen molar-refractivity contribution < 1.29 is 32.5 Å². The molecule has 0 aliphatic carbocycles. The first kappa shape index (κ1) is 21.8. The Morgan fingerprint density at radius 2 is 1.97 bits per heavy atom. The third-order valence-electron chi connectivity index (χ3n) is 4.97. The van der Waals surface area contributed by atoms with E-state index in [1.807, 2.05) is 0 Å². The lowest BCUT2D eigenvalue weighted by Crippen LogP contribution is -2.29. The van der Waals surface area contributed by atoms with Gasteiger partial charge in [-0.1, -0.05) is 12.1 Å². The number of carboxylic acids is 1. The third kappa shape index (κ3) is 4.99. The van der Waals surface area contributed by atoms with Crippen molar-refractivity contribution in [2.24, 2.45) is 0 Å². The molecular weight excluding hydrogens is 403 g/mol. The van der Waals surface area contributed by atoms with Crippen molar-refractivity contribution in [1.29, 1.82) is 0 Å². The van der Waals surface area contributed by atoms with Crippen LogP contribution in [0.3, 0.4) is 0 Å². The molecule has 7 nitrogen and oxygen atoms in total. The van der Waals surface area contributed by atoms with E-state index in [2.05, 4.69) is 15.3 Å². The summed E-state index contributed by atoms with van der Waals surface area (Å²) in [5.41, 5.74) is 0.221. The average molecular weight is 425 g/mol. The van der Waals surface area contributed by atoms with E-state index < -0.39 is 17.7 Å². The van der Waals surface area contributed by atoms with E-state index in [1.54, 1.807) is 6.92 Å². The molecule has 1 fully saturated rings. The fourth-order valence-corrected chi connectivity index (χ4v) is 3.36. The number of aromatic nitrogens is 2. The van der Waals surface area contributed by atoms with E-state index in [9.17, 15) is 23.1 Å². The fourth-order valence-electron chi connectivity index (χ4n) is 3.36. The zero-order chi connectivity index (χ0) is 21.9. The van der Waals surface area contributed by atoms with Gasteiger partial charge in [0.05, 0.1) is 24.9 Å². The van der Waals surface area contributed by atoms with E-state index in [4.69, 9.17) is 9.47 Å². The lowest BCUT2D eigenvalue weighted by atomic mass is 9.97. The summed E-state index contributed by atoms with van der Waals surface area (Å²) in [5, 5.41) is 12.4. The minimum absolute atomic E-state index is 0.0623. The summed E-state index contributed by atoms with van der Waals surface area (Å²) in [4.78, 5) is 19.4. The smallest absolute Gasteiger partial charge is 0.416 e. The maximum absolute atomic E-state index is 12.8. The lowest BCUT2D eigenvalue weighted by Gasteiger charge is -2.31. The molecule has 2 unspecified atom stereocenters. The van der Waals surface area contributed by atoms with Gasteiger partial charge >= 0.3 is 18.2 Å². The van der Waals surface area contributed by atoms with Crippen molar-refractivity contribution in [1.82, 2.24) is 9.97 Å². The van der Waals surface area contributed by atoms with Gasteiger partial charge in [-0.15, -0.1) is 0 Å². The van der Waals surface area contributed by atoms with Crippen LogP contribution in [0.25, 0.3) is 0 Å². The molecule has 0 radical (unpaired) electrons. The number of rotatable bonds is 6. The van der Waals surface area contributed by atoms with Crippen LogP contribution in [-0.4, -0.2) is 40.8 Å². The van der Waals surface area contributed by atoms with Crippen LogP contribution in [0.15, 0.2) is 24.3 Å². The molecule has 0 saturated carbocycles. The molecule has 1 aromatic heterocycles. The maximum Gasteiger partial charge on any atom is 0.416 e. The Labute approximate surface area is 171 Å². The van der Waals surface area contributed by atoms with Crippen LogP contribution >= 0.6 is 0 Å². The quantitative estimate of drug-likeness (QED) is 0.715. The van der Waals surface area contributed by atoms with Crippen molar-refractivity contribution in [3.8, 4) is 6.01 Å². The summed E-state index contributed by atoms with van der Waals surface area (Å²) in [7, 11) is 1.35. The zero-order valence-corrected chi connectivity index (χ0v) is 16.5. The molecule has 3 rings (SSSR count). The number of nitrogens with zero attached hydrogens (tertiary/aromatic N) is 2. The van der Waals surface area contributed by atoms with Crippen LogP contribution in [0.1, 0.15) is 52.5 Å². The van der Waals surface area contributed by atoms with Crippen LogP contribution in [0.2, 0.25) is 0 Å². The van der Waals surface area contributed by atoms with E-state index in [0.717, 1.165) is 25.0 Å². The number of benzene rings is 1. The molecule has 10 heteroatoms. The van der Waals surface area contributed by atoms with Crippen LogP contribution in [-0.2, 0) is 10.9 Å². The molecule has 1 aliphatic rings. The first-order valence-electron chi connectivity index (χ1n) is 9.41. The largest absolute Gasteiger partial charge is 0.476 e. The van der Waals surface area contributed by atoms with Crippen LogP contribution in [0, 0.1) is 6.92 Å². The maximum atomic E-state index is 12.8. The second-order valence-electron chi connectivity index (χ2n) is 7.02. The summed E-state index contributed by atoms with van der Waals surface area (Å²) in [6, 6.07) is 4.95. The molecule has 0 amide bonds. The predicted molar refractivity (Wildman–Crippen MR) is 102 cm³/mol. The molecule has 2 N–H and O–H groups in total. The number of carboxylic acid groups (broad SMARTS) is 1. The molecule has 2 atom stereocenters. The molecule has 162 valence electrons. The lowest BCUT2D eigenvalue weighted by molar-refractivity contribution is -0.137. The molecule has 0 bridgehead atoms. The van der Waals surface area contributed by atoms with Crippen LogP contribution < -0.4 is 10.1 Å². The van der Waals surface area contributed by atoms with Gasteiger partial charge in [-0.05, 0) is 43.9 Å². The minimum atomic E-state index is -4.37. The Balaban J connectivity index is 1.67. The normalized spacial score (nSPS) is 19.4. The summed E-state index contributed by atoms with van der Waals surface area (Å²) >= 11 is 0. The van der Waals surface area contributed by atoms with Gasteiger partial charge in [-0.3, -0.25) is 0 Å². The Kier molecular flexibility index (Phi) is 6.45. The SMILES string of the molecule is COc1nc(NCC2CCCC(c3ccc(C(F)(F)F)cc3)O2)c(C)c(C(=O)O)n1. The van der Waals surface area contributed by atoms with Gasteiger partial charge in [0.1, 0.15) is 5.82 Å². The van der Waals surface area contributed by atoms with Crippen molar-refractivity contribution in [2.45, 2.75) is 44.6 Å². The molecule has 2 aromatic rings. The summed E-state index contributed by atoms with van der Waals surface area (Å²) in [6.07, 6.45) is -2.56. The Morgan fingerprint density at radius 3 is 2.57 bits per heavy atom. The van der Waals surface area contributed by atoms with E-state index in [1.165, 1.54) is 19.2 Å². The van der Waals surface area contributed by atoms with E-state index in [-0.39, 0.29) is 23.9 Å². The highest BCUT2D eigenvalue weighted by molar-refractivity contribution is 5.88. The van der Waals surface area contributed by atoms with Gasteiger partial charge in [-0.2, -0.15) is 23.1 Å². The summed E-state index contributed by atoms with van der Waals surface area (Å²) in [5.74, 6) is -0.855. The summed E-state index contributed by atoms with van der Waals surface area (Å²) < 4.78 is 49.3. The summed E-state index contributed by atoms with van der Waals surface area (Å²) in [6.45, 7) is 1.95. The van der Waals surface area contributed by atoms with Gasteiger partial charge in [0, 0.05) is 12.1 Å². The van der Waals surface area contributed by atoms with Gasteiger partial charge in [0.2, 0.25) is 0 Å². The second kappa shape index (κ2) is 8.86. The number of alkyl halides is 3. The second-order valence-corrected chi connectivity index (χ2v) is 7.02. The molecule has 1 aliphatic heterocycles. The molecule has 2 heterocycles. The number of methoxy groups -OCH3 is 1. The molecule has 1 aromatic carbocycles. The van der Waals surface area contributed by atoms with Gasteiger partial charge in [0.15, 0.2) is 5.69 Å². The molecule has 0 spiro atoms. The Morgan fingerprint density at radius 1 is 1.27 bits per heavy atom. The van der Waals surface area contributed by atoms with Crippen molar-refractivity contribution in [3.05, 3.63) is 46.6 Å². The molecule has 1 saturated heterocycles. The average Bonchev–Trinajstić information content (AvgIpc) is 2.72. The van der Waals surface area contributed by atoms with Crippen molar-refractivity contribution in [2.75, 3.05) is 19.0 Å². The van der Waals surface area contributed by atoms with Gasteiger partial charge < -0.3 is 19.9 Å². The predicted octanol–water partition coefficient (Wildman–Crippen LogP) is 4.23. The van der Waals surface area contributed by atoms with E-state index >= 15 is 0 Å². The number of carbonyl (C=O) groups is 1. The van der Waals surface area contributed by atoms with Gasteiger partial charge in [0.25, 0.3) is 0 Å². The zero-order valence-electron chi connectivity index (χ0n) is 16.5. The molecule has 30 heavy (non-hydrogen) atoms. The highest BCUT2D eigenvalue weighted by Crippen LogP contribution is 2.34. The molecular formula is C20H22F3N3O4. The fraction of sp³-hybridized carbons (Fsp3) is 0.450. The highest BCUT2D eigenvalue weighted by atomic mass is 19.4. The van der Waals surface area contributed by atoms with E-state index in [0.29, 0.717) is 29.9 Å². The monoisotopic (exact) mass is 425 g/mol. The first-order chi connectivity index (χ1) is 14.2. The number of anilines is 1.